The molecule has 0 spiro atoms. The lowest BCUT2D eigenvalue weighted by Gasteiger charge is -2.20. The van der Waals surface area contributed by atoms with E-state index in [1.165, 1.54) is 12.1 Å². The summed E-state index contributed by atoms with van der Waals surface area (Å²) < 4.78 is 30.9. The van der Waals surface area contributed by atoms with Gasteiger partial charge in [-0.15, -0.1) is 0 Å². The van der Waals surface area contributed by atoms with Gasteiger partial charge < -0.3 is 10.5 Å². The molecule has 0 aliphatic carbocycles. The summed E-state index contributed by atoms with van der Waals surface area (Å²) in [6.07, 6.45) is 0. The van der Waals surface area contributed by atoms with Crippen molar-refractivity contribution in [3.8, 4) is 0 Å². The van der Waals surface area contributed by atoms with Gasteiger partial charge in [0.15, 0.2) is 0 Å². The average Bonchev–Trinajstić information content (AvgIpc) is 2.41. The zero-order valence-electron chi connectivity index (χ0n) is 12.2. The fourth-order valence-electron chi connectivity index (χ4n) is 1.78. The monoisotopic (exact) mass is 334 g/mol. The summed E-state index contributed by atoms with van der Waals surface area (Å²) in [5.74, 6) is -0.596. The highest BCUT2D eigenvalue weighted by Crippen LogP contribution is 2.28. The standard InChI is InChI=1S/C13H19ClN2O4S/c1-4-16(8-12(17)20-5-2)21(18,19)10-6-9(3)13(14)11(15)7-10/h6-7H,4-5,8,15H2,1-3H3. The highest BCUT2D eigenvalue weighted by molar-refractivity contribution is 7.89. The van der Waals surface area contributed by atoms with E-state index in [0.29, 0.717) is 10.6 Å². The number of sulfonamides is 1. The number of ether oxygens (including phenoxy) is 1. The largest absolute Gasteiger partial charge is 0.465 e. The van der Waals surface area contributed by atoms with Gasteiger partial charge in [0.05, 0.1) is 22.2 Å². The topological polar surface area (TPSA) is 89.7 Å². The van der Waals surface area contributed by atoms with Crippen LogP contribution in [0.2, 0.25) is 5.02 Å². The molecule has 1 aromatic carbocycles. The van der Waals surface area contributed by atoms with Crippen LogP contribution in [0.25, 0.3) is 0 Å². The predicted molar refractivity (Wildman–Crippen MR) is 81.7 cm³/mol. The Labute approximate surface area is 129 Å². The third kappa shape index (κ3) is 4.09. The molecule has 0 aromatic heterocycles. The van der Waals surface area contributed by atoms with Crippen LogP contribution in [0.3, 0.4) is 0 Å². The Morgan fingerprint density at radius 3 is 2.48 bits per heavy atom. The van der Waals surface area contributed by atoms with Crippen LogP contribution in [0.5, 0.6) is 0 Å². The van der Waals surface area contributed by atoms with Crippen molar-refractivity contribution >= 4 is 33.3 Å². The van der Waals surface area contributed by atoms with E-state index >= 15 is 0 Å². The zero-order chi connectivity index (χ0) is 16.2. The number of nitrogens with two attached hydrogens (primary N) is 1. The number of carbonyl (C=O) groups excluding carboxylic acids is 1. The molecule has 2 N–H and O–H groups in total. The van der Waals surface area contributed by atoms with E-state index in [0.717, 1.165) is 4.31 Å². The number of benzene rings is 1. The number of nitrogens with zero attached hydrogens (tertiary/aromatic N) is 1. The smallest absolute Gasteiger partial charge is 0.321 e. The Hall–Kier alpha value is -1.31. The van der Waals surface area contributed by atoms with Gasteiger partial charge in [-0.25, -0.2) is 8.42 Å². The second-order valence-corrected chi connectivity index (χ2v) is 6.70. The van der Waals surface area contributed by atoms with Gasteiger partial charge in [0.1, 0.15) is 6.54 Å². The molecule has 0 radical (unpaired) electrons. The van der Waals surface area contributed by atoms with Crippen molar-refractivity contribution < 1.29 is 17.9 Å². The van der Waals surface area contributed by atoms with Crippen molar-refractivity contribution in [3.63, 3.8) is 0 Å². The highest BCUT2D eigenvalue weighted by atomic mass is 35.5. The molecule has 0 saturated heterocycles. The fourth-order valence-corrected chi connectivity index (χ4v) is 3.40. The SMILES string of the molecule is CCOC(=O)CN(CC)S(=O)(=O)c1cc(C)c(Cl)c(N)c1. The molecule has 0 aliphatic heterocycles. The first-order valence-corrected chi connectivity index (χ1v) is 8.27. The van der Waals surface area contributed by atoms with Crippen LogP contribution in [0, 0.1) is 6.92 Å². The number of hydrogen-bond donors (Lipinski definition) is 1. The van der Waals surface area contributed by atoms with E-state index in [2.05, 4.69) is 0 Å². The molecule has 0 saturated carbocycles. The second-order valence-electron chi connectivity index (χ2n) is 4.38. The van der Waals surface area contributed by atoms with Gasteiger partial charge >= 0.3 is 5.97 Å². The molecule has 8 heteroatoms. The summed E-state index contributed by atoms with van der Waals surface area (Å²) in [7, 11) is -3.83. The third-order valence-electron chi connectivity index (χ3n) is 2.86. The van der Waals surface area contributed by atoms with Gasteiger partial charge in [0, 0.05) is 6.54 Å². The van der Waals surface area contributed by atoms with Crippen molar-refractivity contribution in [1.82, 2.24) is 4.31 Å². The molecule has 6 nitrogen and oxygen atoms in total. The number of halogens is 1. The van der Waals surface area contributed by atoms with Gasteiger partial charge in [0.2, 0.25) is 10.0 Å². The second kappa shape index (κ2) is 7.11. The molecule has 0 fully saturated rings. The van der Waals surface area contributed by atoms with E-state index in [4.69, 9.17) is 22.1 Å². The van der Waals surface area contributed by atoms with Crippen LogP contribution >= 0.6 is 11.6 Å². The Morgan fingerprint density at radius 2 is 2.00 bits per heavy atom. The van der Waals surface area contributed by atoms with Gasteiger partial charge in [-0.05, 0) is 31.5 Å². The van der Waals surface area contributed by atoms with Crippen LogP contribution in [0.15, 0.2) is 17.0 Å². The lowest BCUT2D eigenvalue weighted by atomic mass is 10.2. The molecular formula is C13H19ClN2O4S. The molecule has 21 heavy (non-hydrogen) atoms. The number of carbonyl (C=O) groups is 1. The summed E-state index contributed by atoms with van der Waals surface area (Å²) in [6.45, 7) is 4.97. The summed E-state index contributed by atoms with van der Waals surface area (Å²) in [5, 5.41) is 0.322. The molecule has 0 heterocycles. The Kier molecular flexibility index (Phi) is 6.00. The fraction of sp³-hybridized carbons (Fsp3) is 0.462. The maximum Gasteiger partial charge on any atom is 0.321 e. The minimum absolute atomic E-state index is 0.00745. The Balaban J connectivity index is 3.16. The molecule has 0 amide bonds. The van der Waals surface area contributed by atoms with Crippen molar-refractivity contribution in [1.29, 1.82) is 0 Å². The van der Waals surface area contributed by atoms with Crippen LogP contribution < -0.4 is 5.73 Å². The van der Waals surface area contributed by atoms with Crippen LogP contribution in [0.4, 0.5) is 5.69 Å². The lowest BCUT2D eigenvalue weighted by molar-refractivity contribution is -0.143. The molecule has 118 valence electrons. The van der Waals surface area contributed by atoms with E-state index in [-0.39, 0.29) is 30.3 Å². The van der Waals surface area contributed by atoms with Gasteiger partial charge in [-0.2, -0.15) is 4.31 Å². The van der Waals surface area contributed by atoms with Crippen molar-refractivity contribution in [3.05, 3.63) is 22.7 Å². The van der Waals surface area contributed by atoms with Crippen LogP contribution in [0.1, 0.15) is 19.4 Å². The number of anilines is 1. The number of aryl methyl sites for hydroxylation is 1. The van der Waals surface area contributed by atoms with E-state index in [1.807, 2.05) is 0 Å². The molecule has 0 atom stereocenters. The van der Waals surface area contributed by atoms with Gasteiger partial charge in [0.25, 0.3) is 0 Å². The minimum atomic E-state index is -3.83. The van der Waals surface area contributed by atoms with Crippen LogP contribution in [-0.2, 0) is 19.6 Å². The minimum Gasteiger partial charge on any atom is -0.465 e. The first-order chi connectivity index (χ1) is 9.73. The summed E-state index contributed by atoms with van der Waals surface area (Å²) in [4.78, 5) is 11.5. The maximum atomic E-state index is 12.5. The van der Waals surface area contributed by atoms with Crippen LogP contribution in [-0.4, -0.2) is 38.4 Å². The van der Waals surface area contributed by atoms with E-state index < -0.39 is 16.0 Å². The summed E-state index contributed by atoms with van der Waals surface area (Å²) >= 11 is 5.93. The van der Waals surface area contributed by atoms with Gasteiger partial charge in [-0.1, -0.05) is 18.5 Å². The Bertz CT molecular complexity index is 608. The van der Waals surface area contributed by atoms with Crippen molar-refractivity contribution in [2.75, 3.05) is 25.4 Å². The molecule has 1 rings (SSSR count). The molecular weight excluding hydrogens is 316 g/mol. The molecule has 0 bridgehead atoms. The number of esters is 1. The third-order valence-corrected chi connectivity index (χ3v) is 5.27. The quantitative estimate of drug-likeness (QED) is 0.633. The number of likely N-dealkylation sites (N-methyl/N-ethyl adjacent to an activating group) is 1. The first kappa shape index (κ1) is 17.7. The molecule has 0 unspecified atom stereocenters. The van der Waals surface area contributed by atoms with E-state index in [1.54, 1.807) is 20.8 Å². The number of hydrogen-bond acceptors (Lipinski definition) is 5. The summed E-state index contributed by atoms with van der Waals surface area (Å²) in [6, 6.07) is 2.72. The van der Waals surface area contributed by atoms with E-state index in [9.17, 15) is 13.2 Å². The zero-order valence-corrected chi connectivity index (χ0v) is 13.8. The predicted octanol–water partition coefficient (Wildman–Crippen LogP) is 1.80. The molecule has 0 aliphatic rings. The van der Waals surface area contributed by atoms with Crippen molar-refractivity contribution in [2.24, 2.45) is 0 Å². The van der Waals surface area contributed by atoms with Gasteiger partial charge in [-0.3, -0.25) is 4.79 Å². The molecule has 1 aromatic rings. The highest BCUT2D eigenvalue weighted by Gasteiger charge is 2.26. The number of rotatable bonds is 6. The Morgan fingerprint density at radius 1 is 1.38 bits per heavy atom. The maximum absolute atomic E-state index is 12.5. The summed E-state index contributed by atoms with van der Waals surface area (Å²) in [5.41, 5.74) is 6.44. The van der Waals surface area contributed by atoms with Crippen molar-refractivity contribution in [2.45, 2.75) is 25.7 Å². The lowest BCUT2D eigenvalue weighted by Crippen LogP contribution is -2.36. The first-order valence-electron chi connectivity index (χ1n) is 6.45. The average molecular weight is 335 g/mol. The number of nitrogen functional groups attached to an aromatic ring is 1. The normalized spacial score (nSPS) is 11.7.